The molecular formula is C20H19N3O4S3. The minimum Gasteiger partial charge on any atom is -0.466 e. The van der Waals surface area contributed by atoms with Crippen LogP contribution in [0.2, 0.25) is 0 Å². The SMILES string of the molecule is CCOC(=O)Cc1csc(-c2cc3cccc(N(C)S(=O)(=O)c4cccs4)c3[nH]2)n1. The molecule has 156 valence electrons. The predicted molar refractivity (Wildman–Crippen MR) is 120 cm³/mol. The van der Waals surface area contributed by atoms with Gasteiger partial charge in [-0.3, -0.25) is 9.10 Å². The molecule has 3 heterocycles. The van der Waals surface area contributed by atoms with Crippen molar-refractivity contribution in [3.63, 3.8) is 0 Å². The van der Waals surface area contributed by atoms with E-state index in [1.54, 1.807) is 37.6 Å². The highest BCUT2D eigenvalue weighted by Gasteiger charge is 2.24. The smallest absolute Gasteiger partial charge is 0.311 e. The summed E-state index contributed by atoms with van der Waals surface area (Å²) in [5.74, 6) is -0.311. The fourth-order valence-corrected chi connectivity index (χ4v) is 6.22. The zero-order valence-corrected chi connectivity index (χ0v) is 18.7. The fourth-order valence-electron chi connectivity index (χ4n) is 3.06. The molecule has 7 nitrogen and oxygen atoms in total. The number of carbonyl (C=O) groups excluding carboxylic acids is 1. The lowest BCUT2D eigenvalue weighted by atomic mass is 10.2. The molecule has 1 aromatic carbocycles. The van der Waals surface area contributed by atoms with Gasteiger partial charge in [0, 0.05) is 17.8 Å². The highest BCUT2D eigenvalue weighted by molar-refractivity contribution is 7.94. The molecule has 0 fully saturated rings. The van der Waals surface area contributed by atoms with Crippen LogP contribution in [0, 0.1) is 0 Å². The Labute approximate surface area is 182 Å². The van der Waals surface area contributed by atoms with E-state index >= 15 is 0 Å². The lowest BCUT2D eigenvalue weighted by Gasteiger charge is -2.19. The van der Waals surface area contributed by atoms with Crippen LogP contribution in [-0.4, -0.2) is 38.0 Å². The lowest BCUT2D eigenvalue weighted by molar-refractivity contribution is -0.142. The average molecular weight is 462 g/mol. The van der Waals surface area contributed by atoms with Crippen LogP contribution in [0.4, 0.5) is 5.69 Å². The predicted octanol–water partition coefficient (Wildman–Crippen LogP) is 4.28. The molecule has 0 radical (unpaired) electrons. The Morgan fingerprint density at radius 3 is 2.80 bits per heavy atom. The third kappa shape index (κ3) is 3.85. The molecule has 0 aliphatic carbocycles. The number of aromatic nitrogens is 2. The topological polar surface area (TPSA) is 92.4 Å². The number of nitrogens with zero attached hydrogens (tertiary/aromatic N) is 2. The number of rotatable bonds is 7. The van der Waals surface area contributed by atoms with E-state index in [2.05, 4.69) is 9.97 Å². The molecule has 0 atom stereocenters. The summed E-state index contributed by atoms with van der Waals surface area (Å²) in [6, 6.07) is 10.7. The van der Waals surface area contributed by atoms with Crippen LogP contribution < -0.4 is 4.31 Å². The maximum Gasteiger partial charge on any atom is 0.311 e. The number of H-pyrrole nitrogens is 1. The number of fused-ring (bicyclic) bond motifs is 1. The zero-order chi connectivity index (χ0) is 21.3. The van der Waals surface area contributed by atoms with E-state index in [-0.39, 0.29) is 16.6 Å². The quantitative estimate of drug-likeness (QED) is 0.415. The lowest BCUT2D eigenvalue weighted by Crippen LogP contribution is -2.26. The van der Waals surface area contributed by atoms with Gasteiger partial charge in [-0.05, 0) is 30.5 Å². The number of aromatic amines is 1. The van der Waals surface area contributed by atoms with E-state index < -0.39 is 10.0 Å². The van der Waals surface area contributed by atoms with Gasteiger partial charge in [0.1, 0.15) is 9.22 Å². The summed E-state index contributed by atoms with van der Waals surface area (Å²) in [7, 11) is -2.10. The van der Waals surface area contributed by atoms with Gasteiger partial charge in [0.05, 0.1) is 35.6 Å². The molecule has 0 saturated carbocycles. The van der Waals surface area contributed by atoms with Crippen molar-refractivity contribution in [1.29, 1.82) is 0 Å². The van der Waals surface area contributed by atoms with Gasteiger partial charge in [-0.25, -0.2) is 13.4 Å². The van der Waals surface area contributed by atoms with Gasteiger partial charge in [0.25, 0.3) is 10.0 Å². The van der Waals surface area contributed by atoms with Gasteiger partial charge in [-0.1, -0.05) is 18.2 Å². The van der Waals surface area contributed by atoms with Crippen LogP contribution in [-0.2, 0) is 26.0 Å². The number of thiazole rings is 1. The summed E-state index contributed by atoms with van der Waals surface area (Å²) in [6.45, 7) is 2.10. The number of thiophene rings is 1. The van der Waals surface area contributed by atoms with Crippen LogP contribution in [0.5, 0.6) is 0 Å². The highest BCUT2D eigenvalue weighted by Crippen LogP contribution is 2.34. The summed E-state index contributed by atoms with van der Waals surface area (Å²) in [4.78, 5) is 19.5. The number of nitrogens with one attached hydrogen (secondary N) is 1. The van der Waals surface area contributed by atoms with E-state index in [9.17, 15) is 13.2 Å². The first-order valence-corrected chi connectivity index (χ1v) is 12.3. The molecule has 10 heteroatoms. The molecular weight excluding hydrogens is 442 g/mol. The van der Waals surface area contributed by atoms with E-state index in [0.717, 1.165) is 16.1 Å². The summed E-state index contributed by atoms with van der Waals surface area (Å²) in [5, 5.41) is 5.16. The number of benzene rings is 1. The van der Waals surface area contributed by atoms with Crippen molar-refractivity contribution in [3.05, 3.63) is 52.9 Å². The van der Waals surface area contributed by atoms with Crippen LogP contribution in [0.15, 0.2) is 51.4 Å². The molecule has 1 N–H and O–H groups in total. The average Bonchev–Trinajstić information content (AvgIpc) is 3.46. The molecule has 4 rings (SSSR count). The van der Waals surface area contributed by atoms with Crippen LogP contribution in [0.25, 0.3) is 21.6 Å². The largest absolute Gasteiger partial charge is 0.466 e. The van der Waals surface area contributed by atoms with Crippen molar-refractivity contribution in [2.24, 2.45) is 0 Å². The third-order valence-corrected chi connectivity index (χ3v) is 8.57. The molecule has 0 spiro atoms. The van der Waals surface area contributed by atoms with Gasteiger partial charge in [-0.2, -0.15) is 0 Å². The molecule has 0 aliphatic heterocycles. The number of hydrogen-bond donors (Lipinski definition) is 1. The van der Waals surface area contributed by atoms with Crippen molar-refractivity contribution in [2.45, 2.75) is 17.6 Å². The first-order chi connectivity index (χ1) is 14.4. The van der Waals surface area contributed by atoms with E-state index in [1.165, 1.54) is 27.0 Å². The molecule has 0 bridgehead atoms. The second-order valence-corrected chi connectivity index (χ2v) is 10.5. The van der Waals surface area contributed by atoms with Crippen LogP contribution in [0.3, 0.4) is 0 Å². The van der Waals surface area contributed by atoms with Gasteiger partial charge in [-0.15, -0.1) is 22.7 Å². The normalized spacial score (nSPS) is 11.7. The molecule has 3 aromatic heterocycles. The Hall–Kier alpha value is -2.69. The minimum atomic E-state index is -3.64. The van der Waals surface area contributed by atoms with Gasteiger partial charge < -0.3 is 9.72 Å². The van der Waals surface area contributed by atoms with Crippen molar-refractivity contribution in [2.75, 3.05) is 18.0 Å². The second kappa shape index (κ2) is 8.21. The van der Waals surface area contributed by atoms with E-state index in [4.69, 9.17) is 4.74 Å². The van der Waals surface area contributed by atoms with Gasteiger partial charge >= 0.3 is 5.97 Å². The number of hydrogen-bond acceptors (Lipinski definition) is 7. The van der Waals surface area contributed by atoms with Crippen LogP contribution in [0.1, 0.15) is 12.6 Å². The Kier molecular flexibility index (Phi) is 5.63. The monoisotopic (exact) mass is 461 g/mol. The fraction of sp³-hybridized carbons (Fsp3) is 0.200. The molecule has 0 unspecified atom stereocenters. The Bertz CT molecular complexity index is 1290. The number of ether oxygens (including phenoxy) is 1. The third-order valence-electron chi connectivity index (χ3n) is 4.50. The number of carbonyl (C=O) groups is 1. The van der Waals surface area contributed by atoms with Gasteiger partial charge in [0.2, 0.25) is 0 Å². The minimum absolute atomic E-state index is 0.123. The molecule has 0 amide bonds. The van der Waals surface area contributed by atoms with E-state index in [0.29, 0.717) is 23.5 Å². The first kappa shape index (κ1) is 20.6. The van der Waals surface area contributed by atoms with Gasteiger partial charge in [0.15, 0.2) is 0 Å². The van der Waals surface area contributed by atoms with Crippen molar-refractivity contribution in [1.82, 2.24) is 9.97 Å². The second-order valence-electron chi connectivity index (χ2n) is 6.45. The molecule has 30 heavy (non-hydrogen) atoms. The Morgan fingerprint density at radius 1 is 1.23 bits per heavy atom. The number of esters is 1. The highest BCUT2D eigenvalue weighted by atomic mass is 32.2. The number of para-hydroxylation sites is 1. The molecule has 0 saturated heterocycles. The zero-order valence-electron chi connectivity index (χ0n) is 16.3. The summed E-state index contributed by atoms with van der Waals surface area (Å²) in [5.41, 5.74) is 2.66. The Balaban J connectivity index is 1.68. The maximum atomic E-state index is 12.9. The van der Waals surface area contributed by atoms with Crippen molar-refractivity contribution < 1.29 is 17.9 Å². The van der Waals surface area contributed by atoms with Crippen molar-refractivity contribution >= 4 is 55.3 Å². The summed E-state index contributed by atoms with van der Waals surface area (Å²) >= 11 is 2.60. The number of sulfonamides is 1. The van der Waals surface area contributed by atoms with E-state index in [1.807, 2.05) is 23.6 Å². The maximum absolute atomic E-state index is 12.9. The first-order valence-electron chi connectivity index (χ1n) is 9.14. The summed E-state index contributed by atoms with van der Waals surface area (Å²) in [6.07, 6.45) is 0.123. The van der Waals surface area contributed by atoms with Crippen molar-refractivity contribution in [3.8, 4) is 10.7 Å². The number of anilines is 1. The molecule has 4 aromatic rings. The molecule has 0 aliphatic rings. The van der Waals surface area contributed by atoms with Crippen LogP contribution >= 0.6 is 22.7 Å². The standard InChI is InChI=1S/C20H19N3O4S3/c1-3-27-17(24)11-14-12-29-20(21-14)15-10-13-6-4-7-16(19(13)22-15)23(2)30(25,26)18-8-5-9-28-18/h4-10,12,22H,3,11H2,1-2H3. The summed E-state index contributed by atoms with van der Waals surface area (Å²) < 4.78 is 32.4. The Morgan fingerprint density at radius 2 is 2.07 bits per heavy atom.